The van der Waals surface area contributed by atoms with Gasteiger partial charge in [0.25, 0.3) is 0 Å². The third-order valence-corrected chi connectivity index (χ3v) is 3.22. The molecule has 7 nitrogen and oxygen atoms in total. The lowest BCUT2D eigenvalue weighted by atomic mass is 10.2. The Balaban J connectivity index is 1.78. The molecule has 0 amide bonds. The van der Waals surface area contributed by atoms with Crippen LogP contribution in [0.25, 0.3) is 5.69 Å². The number of para-hydroxylation sites is 2. The molecule has 0 atom stereocenters. The van der Waals surface area contributed by atoms with Gasteiger partial charge >= 0.3 is 0 Å². The Bertz CT molecular complexity index is 687. The zero-order valence-corrected chi connectivity index (χ0v) is 11.8. The number of imidazole rings is 1. The molecule has 0 bridgehead atoms. The Morgan fingerprint density at radius 2 is 2.10 bits per heavy atom. The van der Waals surface area contributed by atoms with E-state index in [1.807, 2.05) is 36.8 Å². The van der Waals surface area contributed by atoms with Crippen LogP contribution in [0.3, 0.4) is 0 Å². The molecule has 1 aromatic carbocycles. The lowest BCUT2D eigenvalue weighted by molar-refractivity contribution is 0.651. The van der Waals surface area contributed by atoms with E-state index in [4.69, 9.17) is 0 Å². The second kappa shape index (κ2) is 6.17. The minimum absolute atomic E-state index is 0.707. The minimum Gasteiger partial charge on any atom is -0.378 e. The van der Waals surface area contributed by atoms with Crippen LogP contribution in [0.1, 0.15) is 19.0 Å². The number of nitrogens with zero attached hydrogens (tertiary/aromatic N) is 6. The predicted octanol–water partition coefficient (Wildman–Crippen LogP) is 1.88. The van der Waals surface area contributed by atoms with Crippen LogP contribution in [0, 0.1) is 0 Å². The van der Waals surface area contributed by atoms with Crippen LogP contribution in [-0.4, -0.2) is 29.8 Å². The number of aryl methyl sites for hydroxylation is 1. The Morgan fingerprint density at radius 1 is 1.19 bits per heavy atom. The van der Waals surface area contributed by atoms with Crippen molar-refractivity contribution < 1.29 is 0 Å². The lowest BCUT2D eigenvalue weighted by Crippen LogP contribution is -2.09. The van der Waals surface area contributed by atoms with Gasteiger partial charge in [-0.25, -0.2) is 4.98 Å². The molecule has 0 saturated carbocycles. The van der Waals surface area contributed by atoms with Crippen LogP contribution >= 0.6 is 0 Å². The molecule has 0 unspecified atom stereocenters. The Morgan fingerprint density at radius 3 is 2.90 bits per heavy atom. The van der Waals surface area contributed by atoms with Gasteiger partial charge in [-0.15, -0.1) is 5.10 Å². The molecule has 0 aliphatic heterocycles. The molecule has 0 aliphatic carbocycles. The van der Waals surface area contributed by atoms with Gasteiger partial charge in [0.15, 0.2) is 0 Å². The fourth-order valence-electron chi connectivity index (χ4n) is 2.22. The van der Waals surface area contributed by atoms with Crippen molar-refractivity contribution in [1.29, 1.82) is 0 Å². The first-order valence-corrected chi connectivity index (χ1v) is 6.93. The van der Waals surface area contributed by atoms with Crippen molar-refractivity contribution in [1.82, 2.24) is 29.8 Å². The minimum atomic E-state index is 0.707. The third kappa shape index (κ3) is 2.91. The van der Waals surface area contributed by atoms with E-state index in [9.17, 15) is 0 Å². The zero-order chi connectivity index (χ0) is 14.5. The summed E-state index contributed by atoms with van der Waals surface area (Å²) in [5.41, 5.74) is 3.06. The molecule has 21 heavy (non-hydrogen) atoms. The average Bonchev–Trinajstić information content (AvgIpc) is 3.17. The van der Waals surface area contributed by atoms with Gasteiger partial charge in [0.1, 0.15) is 6.33 Å². The standard InChI is InChI=1S/C14H17N7/c1-2-7-20-10-15-8-12(20)9-16-13-5-3-4-6-14(13)21-11-17-18-19-21/h3-6,8,10-11,16H,2,7,9H2,1H3. The second-order valence-corrected chi connectivity index (χ2v) is 4.70. The quantitative estimate of drug-likeness (QED) is 0.747. The van der Waals surface area contributed by atoms with Gasteiger partial charge < -0.3 is 9.88 Å². The number of rotatable bonds is 6. The molecule has 1 N–H and O–H groups in total. The molecule has 2 aromatic heterocycles. The van der Waals surface area contributed by atoms with Gasteiger partial charge in [-0.2, -0.15) is 4.68 Å². The molecule has 0 radical (unpaired) electrons. The maximum absolute atomic E-state index is 4.21. The normalized spacial score (nSPS) is 10.7. The number of benzene rings is 1. The summed E-state index contributed by atoms with van der Waals surface area (Å²) in [6, 6.07) is 7.93. The highest BCUT2D eigenvalue weighted by Gasteiger charge is 2.06. The summed E-state index contributed by atoms with van der Waals surface area (Å²) in [7, 11) is 0. The van der Waals surface area contributed by atoms with E-state index in [1.165, 1.54) is 0 Å². The van der Waals surface area contributed by atoms with Crippen molar-refractivity contribution in [2.75, 3.05) is 5.32 Å². The number of tetrazole rings is 1. The summed E-state index contributed by atoms with van der Waals surface area (Å²) in [5.74, 6) is 0. The largest absolute Gasteiger partial charge is 0.378 e. The lowest BCUT2D eigenvalue weighted by Gasteiger charge is -2.12. The zero-order valence-electron chi connectivity index (χ0n) is 11.8. The van der Waals surface area contributed by atoms with E-state index in [0.717, 1.165) is 30.0 Å². The number of hydrogen-bond donors (Lipinski definition) is 1. The summed E-state index contributed by atoms with van der Waals surface area (Å²) in [4.78, 5) is 4.21. The molecule has 0 spiro atoms. The molecule has 108 valence electrons. The maximum Gasteiger partial charge on any atom is 0.143 e. The maximum atomic E-state index is 4.21. The van der Waals surface area contributed by atoms with E-state index in [1.54, 1.807) is 11.0 Å². The average molecular weight is 283 g/mol. The molecule has 7 heteroatoms. The number of hydrogen-bond acceptors (Lipinski definition) is 5. The van der Waals surface area contributed by atoms with Crippen molar-refractivity contribution in [3.05, 3.63) is 48.8 Å². The second-order valence-electron chi connectivity index (χ2n) is 4.70. The van der Waals surface area contributed by atoms with E-state index >= 15 is 0 Å². The van der Waals surface area contributed by atoms with Crippen molar-refractivity contribution in [3.8, 4) is 5.69 Å². The van der Waals surface area contributed by atoms with Crippen LogP contribution in [-0.2, 0) is 13.1 Å². The molecule has 0 aliphatic rings. The summed E-state index contributed by atoms with van der Waals surface area (Å²) >= 11 is 0. The fourth-order valence-corrected chi connectivity index (χ4v) is 2.22. The summed E-state index contributed by atoms with van der Waals surface area (Å²) in [6.45, 7) is 3.84. The summed E-state index contributed by atoms with van der Waals surface area (Å²) in [6.07, 6.45) is 6.43. The summed E-state index contributed by atoms with van der Waals surface area (Å²) in [5, 5.41) is 14.7. The van der Waals surface area contributed by atoms with Crippen LogP contribution < -0.4 is 5.32 Å². The topological polar surface area (TPSA) is 73.5 Å². The van der Waals surface area contributed by atoms with Crippen molar-refractivity contribution in [3.63, 3.8) is 0 Å². The highest BCUT2D eigenvalue weighted by molar-refractivity contribution is 5.60. The van der Waals surface area contributed by atoms with Gasteiger partial charge in [0.05, 0.1) is 29.9 Å². The van der Waals surface area contributed by atoms with Gasteiger partial charge in [0, 0.05) is 12.7 Å². The Hall–Kier alpha value is -2.70. The van der Waals surface area contributed by atoms with Crippen molar-refractivity contribution in [2.24, 2.45) is 0 Å². The molecular formula is C14H17N7. The highest BCUT2D eigenvalue weighted by atomic mass is 15.5. The van der Waals surface area contributed by atoms with Gasteiger partial charge in [-0.1, -0.05) is 19.1 Å². The smallest absolute Gasteiger partial charge is 0.143 e. The number of anilines is 1. The van der Waals surface area contributed by atoms with Crippen molar-refractivity contribution >= 4 is 5.69 Å². The highest BCUT2D eigenvalue weighted by Crippen LogP contribution is 2.19. The van der Waals surface area contributed by atoms with Crippen LogP contribution in [0.4, 0.5) is 5.69 Å². The third-order valence-electron chi connectivity index (χ3n) is 3.22. The first-order valence-electron chi connectivity index (χ1n) is 6.93. The van der Waals surface area contributed by atoms with E-state index < -0.39 is 0 Å². The van der Waals surface area contributed by atoms with E-state index in [2.05, 4.69) is 37.3 Å². The SMILES string of the molecule is CCCn1cncc1CNc1ccccc1-n1cnnn1. The molecule has 0 fully saturated rings. The Kier molecular flexibility index (Phi) is 3.90. The predicted molar refractivity (Wildman–Crippen MR) is 79.0 cm³/mol. The van der Waals surface area contributed by atoms with E-state index in [0.29, 0.717) is 6.54 Å². The fraction of sp³-hybridized carbons (Fsp3) is 0.286. The van der Waals surface area contributed by atoms with Gasteiger partial charge in [-0.3, -0.25) is 0 Å². The monoisotopic (exact) mass is 283 g/mol. The summed E-state index contributed by atoms with van der Waals surface area (Å²) < 4.78 is 3.80. The van der Waals surface area contributed by atoms with Gasteiger partial charge in [0.2, 0.25) is 0 Å². The van der Waals surface area contributed by atoms with Crippen molar-refractivity contribution in [2.45, 2.75) is 26.4 Å². The first-order chi connectivity index (χ1) is 10.4. The molecule has 0 saturated heterocycles. The molecular weight excluding hydrogens is 266 g/mol. The van der Waals surface area contributed by atoms with Crippen LogP contribution in [0.2, 0.25) is 0 Å². The molecule has 2 heterocycles. The van der Waals surface area contributed by atoms with Gasteiger partial charge in [-0.05, 0) is 29.0 Å². The Labute approximate surface area is 122 Å². The van der Waals surface area contributed by atoms with E-state index in [-0.39, 0.29) is 0 Å². The van der Waals surface area contributed by atoms with Crippen LogP contribution in [0.15, 0.2) is 43.1 Å². The molecule has 3 aromatic rings. The number of aromatic nitrogens is 6. The van der Waals surface area contributed by atoms with Crippen LogP contribution in [0.5, 0.6) is 0 Å². The molecule has 3 rings (SSSR count). The number of nitrogens with one attached hydrogen (secondary N) is 1. The first kappa shape index (κ1) is 13.3.